The zero-order chi connectivity index (χ0) is 25.1. The first-order valence-corrected chi connectivity index (χ1v) is 11.1. The van der Waals surface area contributed by atoms with Crippen LogP contribution in [0.1, 0.15) is 39.0 Å². The Morgan fingerprint density at radius 1 is 1.09 bits per heavy atom. The van der Waals surface area contributed by atoms with Crippen LogP contribution in [0.3, 0.4) is 0 Å². The van der Waals surface area contributed by atoms with E-state index in [2.05, 4.69) is 15.3 Å². The van der Waals surface area contributed by atoms with Crippen molar-refractivity contribution in [2.24, 2.45) is 0 Å². The van der Waals surface area contributed by atoms with Crippen LogP contribution < -0.4 is 5.32 Å². The lowest BCUT2D eigenvalue weighted by atomic mass is 9.93. The fourth-order valence-electron chi connectivity index (χ4n) is 4.01. The van der Waals surface area contributed by atoms with Crippen molar-refractivity contribution in [3.8, 4) is 11.6 Å². The molecule has 4 rings (SSSR count). The lowest BCUT2D eigenvalue weighted by Gasteiger charge is -2.36. The number of likely N-dealkylation sites (N-methyl/N-ethyl adjacent to an activating group) is 1. The van der Waals surface area contributed by atoms with E-state index in [0.717, 1.165) is 11.1 Å². The summed E-state index contributed by atoms with van der Waals surface area (Å²) in [6, 6.07) is 12.6. The number of rotatable bonds is 6. The van der Waals surface area contributed by atoms with Gasteiger partial charge >= 0.3 is 0 Å². The molecule has 0 saturated carbocycles. The molecule has 0 aliphatic carbocycles. The van der Waals surface area contributed by atoms with Crippen molar-refractivity contribution < 1.29 is 24.2 Å². The Labute approximate surface area is 201 Å². The molecule has 3 N–H and O–H groups in total. The van der Waals surface area contributed by atoms with Crippen molar-refractivity contribution in [2.45, 2.75) is 25.6 Å². The van der Waals surface area contributed by atoms with Crippen LogP contribution in [0.4, 0.5) is 4.39 Å². The van der Waals surface area contributed by atoms with Crippen LogP contribution in [0.15, 0.2) is 48.5 Å². The molecule has 0 spiro atoms. The summed E-state index contributed by atoms with van der Waals surface area (Å²) in [4.78, 5) is 37.5. The lowest BCUT2D eigenvalue weighted by Crippen LogP contribution is -2.43. The smallest absolute Gasteiger partial charge is 0.274 e. The molecule has 1 atom stereocenters. The van der Waals surface area contributed by atoms with E-state index in [-0.39, 0.29) is 24.8 Å². The molecule has 1 aliphatic heterocycles. The minimum atomic E-state index is -0.757. The third-order valence-electron chi connectivity index (χ3n) is 5.78. The Balaban J connectivity index is 1.65. The first-order chi connectivity index (χ1) is 16.7. The Bertz CT molecular complexity index is 1250. The highest BCUT2D eigenvalue weighted by Gasteiger charge is 2.34. The van der Waals surface area contributed by atoms with E-state index in [9.17, 15) is 24.2 Å². The molecule has 35 heavy (non-hydrogen) atoms. The number of halogens is 1. The van der Waals surface area contributed by atoms with Gasteiger partial charge in [0, 0.05) is 19.5 Å². The van der Waals surface area contributed by atoms with Crippen LogP contribution in [-0.2, 0) is 24.3 Å². The molecular weight excluding hydrogens is 453 g/mol. The van der Waals surface area contributed by atoms with E-state index >= 15 is 0 Å². The average Bonchev–Trinajstić information content (AvgIpc) is 2.83. The molecule has 0 bridgehead atoms. The molecule has 182 valence electrons. The van der Waals surface area contributed by atoms with Gasteiger partial charge in [-0.15, -0.1) is 0 Å². The van der Waals surface area contributed by atoms with Crippen LogP contribution in [0.5, 0.6) is 11.6 Å². The predicted octanol–water partition coefficient (Wildman–Crippen LogP) is 2.14. The number of nitrogens with one attached hydrogen (secondary N) is 1. The Kier molecular flexibility index (Phi) is 6.92. The summed E-state index contributed by atoms with van der Waals surface area (Å²) in [5.41, 5.74) is 2.23. The zero-order valence-electron chi connectivity index (χ0n) is 19.4. The maximum absolute atomic E-state index is 13.1. The number of aromatic nitrogens is 2. The Hall–Kier alpha value is -4.05. The molecule has 0 saturated heterocycles. The third-order valence-corrected chi connectivity index (χ3v) is 5.78. The van der Waals surface area contributed by atoms with Crippen molar-refractivity contribution >= 4 is 11.8 Å². The highest BCUT2D eigenvalue weighted by Crippen LogP contribution is 2.35. The van der Waals surface area contributed by atoms with Gasteiger partial charge in [0.15, 0.2) is 11.5 Å². The quantitative estimate of drug-likeness (QED) is 0.496. The van der Waals surface area contributed by atoms with Crippen LogP contribution in [0.25, 0.3) is 0 Å². The maximum Gasteiger partial charge on any atom is 0.274 e. The standard InChI is InChI=1S/C25H26FN5O4/c1-30(2)14-20(32)31-13-17-6-4-3-5-16(17)11-19(31)23-28-21(22(33)25(35)29-23)24(34)27-12-15-7-9-18(26)10-8-15/h3-10,19,33H,11-14H2,1-2H3,(H,27,34)(H,28,29,35). The van der Waals surface area contributed by atoms with Gasteiger partial charge in [-0.3, -0.25) is 9.59 Å². The number of fused-ring (bicyclic) bond motifs is 1. The van der Waals surface area contributed by atoms with E-state index in [1.165, 1.54) is 24.3 Å². The molecule has 2 amide bonds. The van der Waals surface area contributed by atoms with Crippen LogP contribution >= 0.6 is 0 Å². The van der Waals surface area contributed by atoms with Gasteiger partial charge in [0.05, 0.1) is 12.6 Å². The second kappa shape index (κ2) is 10.1. The molecule has 10 heteroatoms. The van der Waals surface area contributed by atoms with Gasteiger partial charge in [-0.2, -0.15) is 4.98 Å². The van der Waals surface area contributed by atoms with Gasteiger partial charge in [-0.05, 0) is 42.9 Å². The SMILES string of the molecule is CN(C)CC(=O)N1Cc2ccccc2CC1c1nc(O)c(O)c(C(=O)NCc2ccc(F)cc2)n1. The van der Waals surface area contributed by atoms with Crippen LogP contribution in [0, 0.1) is 5.82 Å². The van der Waals surface area contributed by atoms with E-state index in [1.807, 2.05) is 24.3 Å². The fourth-order valence-corrected chi connectivity index (χ4v) is 4.01. The minimum absolute atomic E-state index is 0.0499. The lowest BCUT2D eigenvalue weighted by molar-refractivity contribution is -0.135. The number of carbonyl (C=O) groups excluding carboxylic acids is 2. The third kappa shape index (κ3) is 5.38. The first kappa shape index (κ1) is 24.1. The number of hydrogen-bond donors (Lipinski definition) is 3. The molecule has 1 unspecified atom stereocenters. The average molecular weight is 480 g/mol. The monoisotopic (exact) mass is 479 g/mol. The summed E-state index contributed by atoms with van der Waals surface area (Å²) < 4.78 is 13.1. The van der Waals surface area contributed by atoms with E-state index in [0.29, 0.717) is 18.5 Å². The number of benzene rings is 2. The van der Waals surface area contributed by atoms with Crippen molar-refractivity contribution in [1.29, 1.82) is 0 Å². The highest BCUT2D eigenvalue weighted by atomic mass is 19.1. The normalized spacial score (nSPS) is 15.1. The van der Waals surface area contributed by atoms with Gasteiger partial charge in [-0.1, -0.05) is 36.4 Å². The van der Waals surface area contributed by atoms with Gasteiger partial charge in [0.25, 0.3) is 11.8 Å². The largest absolute Gasteiger partial charge is 0.501 e. The molecule has 1 aliphatic rings. The zero-order valence-corrected chi connectivity index (χ0v) is 19.4. The van der Waals surface area contributed by atoms with Gasteiger partial charge in [-0.25, -0.2) is 9.37 Å². The molecule has 0 fully saturated rings. The fraction of sp³-hybridized carbons (Fsp3) is 0.280. The predicted molar refractivity (Wildman–Crippen MR) is 125 cm³/mol. The minimum Gasteiger partial charge on any atom is -0.501 e. The van der Waals surface area contributed by atoms with Gasteiger partial charge < -0.3 is 25.3 Å². The molecule has 1 aromatic heterocycles. The highest BCUT2D eigenvalue weighted by molar-refractivity contribution is 5.95. The molecule has 9 nitrogen and oxygen atoms in total. The molecule has 2 aromatic carbocycles. The summed E-state index contributed by atoms with van der Waals surface area (Å²) >= 11 is 0. The molecule has 3 aromatic rings. The number of aromatic hydroxyl groups is 2. The second-order valence-electron chi connectivity index (χ2n) is 8.66. The van der Waals surface area contributed by atoms with Crippen LogP contribution in [-0.4, -0.2) is 62.4 Å². The van der Waals surface area contributed by atoms with E-state index < -0.39 is 35.1 Å². The van der Waals surface area contributed by atoms with Crippen molar-refractivity contribution in [2.75, 3.05) is 20.6 Å². The van der Waals surface area contributed by atoms with Crippen molar-refractivity contribution in [1.82, 2.24) is 25.1 Å². The number of amides is 2. The van der Waals surface area contributed by atoms with E-state index in [4.69, 9.17) is 0 Å². The number of carbonyl (C=O) groups is 2. The van der Waals surface area contributed by atoms with Crippen molar-refractivity contribution in [3.63, 3.8) is 0 Å². The number of nitrogens with zero attached hydrogens (tertiary/aromatic N) is 4. The van der Waals surface area contributed by atoms with Gasteiger partial charge in [0.1, 0.15) is 5.82 Å². The van der Waals surface area contributed by atoms with Crippen molar-refractivity contribution in [3.05, 3.63) is 82.6 Å². The summed E-state index contributed by atoms with van der Waals surface area (Å²) in [6.07, 6.45) is 0.385. The summed E-state index contributed by atoms with van der Waals surface area (Å²) in [7, 11) is 3.58. The Morgan fingerprint density at radius 2 is 1.77 bits per heavy atom. The van der Waals surface area contributed by atoms with E-state index in [1.54, 1.807) is 23.9 Å². The second-order valence-corrected chi connectivity index (χ2v) is 8.66. The maximum atomic E-state index is 13.1. The molecular formula is C25H26FN5O4. The first-order valence-electron chi connectivity index (χ1n) is 11.1. The number of hydrogen-bond acceptors (Lipinski definition) is 7. The molecule has 2 heterocycles. The topological polar surface area (TPSA) is 119 Å². The summed E-state index contributed by atoms with van der Waals surface area (Å²) in [6.45, 7) is 0.543. The van der Waals surface area contributed by atoms with Gasteiger partial charge in [0.2, 0.25) is 11.7 Å². The summed E-state index contributed by atoms with van der Waals surface area (Å²) in [5, 5.41) is 23.2. The summed E-state index contributed by atoms with van der Waals surface area (Å²) in [5.74, 6) is -2.76. The molecule has 0 radical (unpaired) electrons. The Morgan fingerprint density at radius 3 is 2.46 bits per heavy atom. The van der Waals surface area contributed by atoms with Crippen LogP contribution in [0.2, 0.25) is 0 Å².